The molecule has 4 aromatic rings. The van der Waals surface area contributed by atoms with E-state index in [1.54, 1.807) is 26.6 Å². The van der Waals surface area contributed by atoms with Gasteiger partial charge in [-0.3, -0.25) is 4.79 Å². The van der Waals surface area contributed by atoms with E-state index in [-0.39, 0.29) is 11.8 Å². The number of nitrogens with zero attached hydrogens (tertiary/aromatic N) is 3. The molecule has 2 N–H and O–H groups in total. The topological polar surface area (TPSA) is 102 Å². The molecule has 0 aliphatic heterocycles. The van der Waals surface area contributed by atoms with Crippen LogP contribution in [0.15, 0.2) is 41.1 Å². The second-order valence-electron chi connectivity index (χ2n) is 7.40. The number of carbonyl (C=O) groups excluding carboxylic acids is 1. The lowest BCUT2D eigenvalue weighted by atomic mass is 10.1. The highest BCUT2D eigenvalue weighted by Gasteiger charge is 2.30. The number of pyridine rings is 2. The Morgan fingerprint density at radius 2 is 2.07 bits per heavy atom. The molecule has 1 saturated carbocycles. The third-order valence-corrected chi connectivity index (χ3v) is 5.20. The van der Waals surface area contributed by atoms with E-state index >= 15 is 0 Å². The van der Waals surface area contributed by atoms with Crippen molar-refractivity contribution >= 4 is 39.4 Å². The third kappa shape index (κ3) is 3.35. The number of methoxy groups -OCH3 is 1. The van der Waals surface area contributed by atoms with Gasteiger partial charge in [0.05, 0.1) is 12.2 Å². The molecular formula is C22H21N5O3. The van der Waals surface area contributed by atoms with Crippen LogP contribution in [0.1, 0.15) is 18.4 Å². The second-order valence-corrected chi connectivity index (χ2v) is 7.40. The summed E-state index contributed by atoms with van der Waals surface area (Å²) in [6, 6.07) is 7.64. The van der Waals surface area contributed by atoms with Gasteiger partial charge in [0.25, 0.3) is 0 Å². The highest BCUT2D eigenvalue weighted by atomic mass is 16.5. The minimum Gasteiger partial charge on any atom is -0.436 e. The van der Waals surface area contributed by atoms with Crippen LogP contribution in [0, 0.1) is 5.92 Å². The summed E-state index contributed by atoms with van der Waals surface area (Å²) in [5.74, 6) is 1.78. The highest BCUT2D eigenvalue weighted by molar-refractivity contribution is 6.03. The molecule has 0 radical (unpaired) electrons. The van der Waals surface area contributed by atoms with Gasteiger partial charge in [0.1, 0.15) is 17.2 Å². The van der Waals surface area contributed by atoms with E-state index in [1.807, 2.05) is 24.3 Å². The minimum absolute atomic E-state index is 0.0128. The molecule has 5 rings (SSSR count). The van der Waals surface area contributed by atoms with Gasteiger partial charge >= 0.3 is 0 Å². The van der Waals surface area contributed by atoms with E-state index in [0.717, 1.165) is 40.3 Å². The lowest BCUT2D eigenvalue weighted by Crippen LogP contribution is -2.14. The molecular weight excluding hydrogens is 382 g/mol. The Morgan fingerprint density at radius 1 is 1.20 bits per heavy atom. The molecule has 1 aromatic carbocycles. The summed E-state index contributed by atoms with van der Waals surface area (Å²) in [5.41, 5.74) is 3.19. The number of ether oxygens (including phenoxy) is 1. The molecule has 8 nitrogen and oxygen atoms in total. The van der Waals surface area contributed by atoms with E-state index in [1.165, 1.54) is 0 Å². The Kier molecular flexibility index (Phi) is 4.55. The van der Waals surface area contributed by atoms with Crippen LogP contribution < -0.4 is 10.6 Å². The van der Waals surface area contributed by atoms with Crippen molar-refractivity contribution < 1.29 is 13.9 Å². The Hall–Kier alpha value is -3.52. The maximum Gasteiger partial charge on any atom is 0.229 e. The molecule has 3 aromatic heterocycles. The van der Waals surface area contributed by atoms with Gasteiger partial charge < -0.3 is 19.8 Å². The predicted octanol–water partition coefficient (Wildman–Crippen LogP) is 3.97. The van der Waals surface area contributed by atoms with Crippen LogP contribution >= 0.6 is 0 Å². The molecule has 0 unspecified atom stereocenters. The van der Waals surface area contributed by atoms with Crippen LogP contribution in [0.3, 0.4) is 0 Å². The first-order valence-corrected chi connectivity index (χ1v) is 9.82. The molecule has 0 saturated heterocycles. The quantitative estimate of drug-likeness (QED) is 0.502. The van der Waals surface area contributed by atoms with E-state index in [2.05, 4.69) is 25.6 Å². The fourth-order valence-electron chi connectivity index (χ4n) is 3.49. The summed E-state index contributed by atoms with van der Waals surface area (Å²) in [7, 11) is 3.47. The number of hydrogen-bond donors (Lipinski definition) is 2. The summed E-state index contributed by atoms with van der Waals surface area (Å²) in [4.78, 5) is 25.7. The molecule has 0 atom stereocenters. The monoisotopic (exact) mass is 403 g/mol. The molecule has 30 heavy (non-hydrogen) atoms. The van der Waals surface area contributed by atoms with Crippen molar-refractivity contribution in [3.05, 3.63) is 42.2 Å². The number of aromatic nitrogens is 3. The summed E-state index contributed by atoms with van der Waals surface area (Å²) in [6.07, 6.45) is 5.31. The average Bonchev–Trinajstić information content (AvgIpc) is 3.53. The summed E-state index contributed by atoms with van der Waals surface area (Å²) >= 11 is 0. The van der Waals surface area contributed by atoms with Gasteiger partial charge in [-0.15, -0.1) is 0 Å². The smallest absolute Gasteiger partial charge is 0.229 e. The van der Waals surface area contributed by atoms with Crippen LogP contribution in [-0.4, -0.2) is 35.0 Å². The number of amides is 1. The third-order valence-electron chi connectivity index (χ3n) is 5.20. The maximum atomic E-state index is 12.2. The Labute approximate surface area is 172 Å². The van der Waals surface area contributed by atoms with Crippen molar-refractivity contribution in [2.75, 3.05) is 24.8 Å². The molecule has 3 heterocycles. The van der Waals surface area contributed by atoms with Crippen LogP contribution in [0.25, 0.3) is 33.3 Å². The first kappa shape index (κ1) is 18.5. The number of fused-ring (bicyclic) bond motifs is 2. The molecule has 1 fully saturated rings. The SMILES string of the molecule is CNc1ncc(-c2nc3cc(COC)ccc3o2)c2cc(NC(=O)C3CC3)ncc12. The van der Waals surface area contributed by atoms with Crippen molar-refractivity contribution in [1.82, 2.24) is 15.0 Å². The van der Waals surface area contributed by atoms with Crippen LogP contribution in [0.5, 0.6) is 0 Å². The van der Waals surface area contributed by atoms with Gasteiger partial charge in [-0.2, -0.15) is 0 Å². The lowest BCUT2D eigenvalue weighted by molar-refractivity contribution is -0.117. The van der Waals surface area contributed by atoms with Gasteiger partial charge in [-0.05, 0) is 36.6 Å². The highest BCUT2D eigenvalue weighted by Crippen LogP contribution is 2.35. The van der Waals surface area contributed by atoms with Gasteiger partial charge in [0, 0.05) is 43.2 Å². The molecule has 1 aliphatic carbocycles. The van der Waals surface area contributed by atoms with Crippen LogP contribution in [0.4, 0.5) is 11.6 Å². The van der Waals surface area contributed by atoms with Crippen molar-refractivity contribution in [2.45, 2.75) is 19.4 Å². The summed E-state index contributed by atoms with van der Waals surface area (Å²) < 4.78 is 11.2. The number of oxazole rings is 1. The lowest BCUT2D eigenvalue weighted by Gasteiger charge is -2.10. The number of benzene rings is 1. The largest absolute Gasteiger partial charge is 0.436 e. The van der Waals surface area contributed by atoms with Crippen molar-refractivity contribution in [3.8, 4) is 11.5 Å². The second kappa shape index (κ2) is 7.38. The minimum atomic E-state index is 0.0128. The van der Waals surface area contributed by atoms with E-state index in [4.69, 9.17) is 9.15 Å². The number of nitrogens with one attached hydrogen (secondary N) is 2. The molecule has 8 heteroatoms. The number of anilines is 2. The zero-order chi connectivity index (χ0) is 20.7. The first-order chi connectivity index (χ1) is 14.7. The van der Waals surface area contributed by atoms with Crippen LogP contribution in [0.2, 0.25) is 0 Å². The summed E-state index contributed by atoms with van der Waals surface area (Å²) in [6.45, 7) is 0.509. The predicted molar refractivity (Wildman–Crippen MR) is 114 cm³/mol. The van der Waals surface area contributed by atoms with Gasteiger partial charge in [0.15, 0.2) is 5.58 Å². The van der Waals surface area contributed by atoms with Crippen molar-refractivity contribution in [1.29, 1.82) is 0 Å². The Bertz CT molecular complexity index is 1260. The number of rotatable bonds is 6. The van der Waals surface area contributed by atoms with Crippen molar-refractivity contribution in [3.63, 3.8) is 0 Å². The van der Waals surface area contributed by atoms with Gasteiger partial charge in [0.2, 0.25) is 11.8 Å². The first-order valence-electron chi connectivity index (χ1n) is 9.82. The molecule has 152 valence electrons. The Morgan fingerprint density at radius 3 is 2.83 bits per heavy atom. The van der Waals surface area contributed by atoms with E-state index in [0.29, 0.717) is 29.7 Å². The average molecular weight is 403 g/mol. The van der Waals surface area contributed by atoms with Crippen molar-refractivity contribution in [2.24, 2.45) is 5.92 Å². The number of carbonyl (C=O) groups is 1. The molecule has 0 bridgehead atoms. The fourth-order valence-corrected chi connectivity index (χ4v) is 3.49. The summed E-state index contributed by atoms with van der Waals surface area (Å²) in [5, 5.41) is 7.65. The molecule has 1 amide bonds. The van der Waals surface area contributed by atoms with Gasteiger partial charge in [-0.25, -0.2) is 15.0 Å². The molecule has 0 spiro atoms. The number of hydrogen-bond acceptors (Lipinski definition) is 7. The van der Waals surface area contributed by atoms with E-state index in [9.17, 15) is 4.79 Å². The fraction of sp³-hybridized carbons (Fsp3) is 0.273. The normalized spacial score (nSPS) is 13.7. The molecule has 1 aliphatic rings. The van der Waals surface area contributed by atoms with Crippen LogP contribution in [-0.2, 0) is 16.1 Å². The maximum absolute atomic E-state index is 12.2. The zero-order valence-corrected chi connectivity index (χ0v) is 16.7. The van der Waals surface area contributed by atoms with Gasteiger partial charge in [-0.1, -0.05) is 6.07 Å². The zero-order valence-electron chi connectivity index (χ0n) is 16.7. The Balaban J connectivity index is 1.61. The van der Waals surface area contributed by atoms with E-state index < -0.39 is 0 Å². The standard InChI is InChI=1S/C22H21N5O3/c1-23-20-15-9-24-19(27-21(28)13-4-5-13)8-14(15)16(10-25-20)22-26-17-7-12(11-29-2)3-6-18(17)30-22/h3,6-10,13H,4-5,11H2,1-2H3,(H,23,25)(H,24,27,28).